The molecule has 1 aromatic carbocycles. The van der Waals surface area contributed by atoms with E-state index in [4.69, 9.17) is 5.11 Å². The van der Waals surface area contributed by atoms with Crippen LogP contribution in [-0.2, 0) is 0 Å². The molecule has 0 unspecified atom stereocenters. The van der Waals surface area contributed by atoms with Crippen LogP contribution in [0, 0.1) is 0 Å². The minimum atomic E-state index is -1.03. The number of H-pyrrole nitrogens is 1. The van der Waals surface area contributed by atoms with Crippen LogP contribution in [0.2, 0.25) is 0 Å². The molecule has 4 nitrogen and oxygen atoms in total. The number of aromatic amines is 1. The van der Waals surface area contributed by atoms with Crippen molar-refractivity contribution in [3.05, 3.63) is 33.4 Å². The zero-order valence-corrected chi connectivity index (χ0v) is 7.22. The number of hydrogen-bond donors (Lipinski definition) is 2. The van der Waals surface area contributed by atoms with Crippen molar-refractivity contribution in [2.24, 2.45) is 0 Å². The first-order chi connectivity index (χ1) is 6.18. The zero-order valence-electron chi connectivity index (χ0n) is 6.40. The largest absolute Gasteiger partial charge is 0.478 e. The van der Waals surface area contributed by atoms with Crippen LogP contribution in [0.3, 0.4) is 0 Å². The minimum absolute atomic E-state index is 0.135. The van der Waals surface area contributed by atoms with Crippen LogP contribution in [0.5, 0.6) is 0 Å². The molecule has 0 atom stereocenters. The molecule has 0 radical (unpaired) electrons. The summed E-state index contributed by atoms with van der Waals surface area (Å²) in [6.07, 6.45) is 0. The van der Waals surface area contributed by atoms with Gasteiger partial charge in [0.15, 0.2) is 0 Å². The first-order valence-corrected chi connectivity index (χ1v) is 4.35. The number of carbonyl (C=O) groups is 1. The van der Waals surface area contributed by atoms with Crippen molar-refractivity contribution in [3.8, 4) is 0 Å². The maximum Gasteiger partial charge on any atom is 0.337 e. The van der Waals surface area contributed by atoms with Gasteiger partial charge >= 0.3 is 10.8 Å². The smallest absolute Gasteiger partial charge is 0.337 e. The number of nitrogens with one attached hydrogen (secondary N) is 1. The Morgan fingerprint density at radius 1 is 1.46 bits per heavy atom. The van der Waals surface area contributed by atoms with Gasteiger partial charge in [0.2, 0.25) is 0 Å². The second kappa shape index (κ2) is 2.70. The maximum absolute atomic E-state index is 10.9. The summed E-state index contributed by atoms with van der Waals surface area (Å²) in [5.74, 6) is -1.03. The fourth-order valence-corrected chi connectivity index (χ4v) is 1.91. The molecule has 0 saturated carbocycles. The SMILES string of the molecule is O=C(O)c1cccc2sc(=O)[nH]c12. The highest BCUT2D eigenvalue weighted by atomic mass is 32.1. The van der Waals surface area contributed by atoms with Crippen molar-refractivity contribution in [1.29, 1.82) is 0 Å². The molecule has 0 aliphatic heterocycles. The lowest BCUT2D eigenvalue weighted by Gasteiger charge is -1.93. The van der Waals surface area contributed by atoms with Crippen molar-refractivity contribution in [2.75, 3.05) is 0 Å². The zero-order chi connectivity index (χ0) is 9.42. The Kier molecular flexibility index (Phi) is 1.66. The molecule has 0 amide bonds. The Morgan fingerprint density at radius 2 is 2.23 bits per heavy atom. The Hall–Kier alpha value is -1.62. The van der Waals surface area contributed by atoms with E-state index < -0.39 is 5.97 Å². The van der Waals surface area contributed by atoms with Gasteiger partial charge in [-0.2, -0.15) is 0 Å². The third-order valence-electron chi connectivity index (χ3n) is 1.69. The number of para-hydroxylation sites is 1. The predicted octanol–water partition coefficient (Wildman–Crippen LogP) is 1.29. The number of fused-ring (bicyclic) bond motifs is 1. The van der Waals surface area contributed by atoms with Gasteiger partial charge < -0.3 is 10.1 Å². The van der Waals surface area contributed by atoms with Crippen LogP contribution < -0.4 is 4.87 Å². The molecule has 0 fully saturated rings. The van der Waals surface area contributed by atoms with E-state index in [2.05, 4.69) is 4.98 Å². The summed E-state index contributed by atoms with van der Waals surface area (Å²) < 4.78 is 0.671. The molecule has 66 valence electrons. The van der Waals surface area contributed by atoms with Crippen molar-refractivity contribution in [2.45, 2.75) is 0 Å². The monoisotopic (exact) mass is 195 g/mol. The van der Waals surface area contributed by atoms with Gasteiger partial charge in [-0.05, 0) is 12.1 Å². The lowest BCUT2D eigenvalue weighted by Crippen LogP contribution is -1.98. The van der Waals surface area contributed by atoms with Crippen molar-refractivity contribution in [1.82, 2.24) is 4.98 Å². The summed E-state index contributed by atoms with van der Waals surface area (Å²) in [4.78, 5) is 23.9. The van der Waals surface area contributed by atoms with Crippen LogP contribution in [0.1, 0.15) is 10.4 Å². The highest BCUT2D eigenvalue weighted by Crippen LogP contribution is 2.17. The van der Waals surface area contributed by atoms with Crippen LogP contribution in [0.15, 0.2) is 23.0 Å². The Balaban J connectivity index is 2.90. The minimum Gasteiger partial charge on any atom is -0.478 e. The second-order valence-corrected chi connectivity index (χ2v) is 3.51. The number of carboxylic acids is 1. The summed E-state index contributed by atoms with van der Waals surface area (Å²) in [6.45, 7) is 0. The lowest BCUT2D eigenvalue weighted by molar-refractivity contribution is 0.0699. The topological polar surface area (TPSA) is 70.2 Å². The van der Waals surface area contributed by atoms with E-state index in [1.54, 1.807) is 12.1 Å². The molecule has 1 aromatic heterocycles. The number of aromatic carboxylic acids is 1. The Labute approximate surface area is 76.5 Å². The van der Waals surface area contributed by atoms with Crippen LogP contribution >= 0.6 is 11.3 Å². The van der Waals surface area contributed by atoms with E-state index >= 15 is 0 Å². The van der Waals surface area contributed by atoms with Gasteiger partial charge in [0.05, 0.1) is 15.8 Å². The van der Waals surface area contributed by atoms with Gasteiger partial charge in [0.25, 0.3) is 0 Å². The fraction of sp³-hybridized carbons (Fsp3) is 0. The molecule has 0 saturated heterocycles. The molecule has 2 N–H and O–H groups in total. The van der Waals surface area contributed by atoms with Crippen LogP contribution in [-0.4, -0.2) is 16.1 Å². The van der Waals surface area contributed by atoms with E-state index in [1.807, 2.05) is 0 Å². The van der Waals surface area contributed by atoms with Gasteiger partial charge in [-0.1, -0.05) is 17.4 Å². The lowest BCUT2D eigenvalue weighted by atomic mass is 10.2. The highest BCUT2D eigenvalue weighted by molar-refractivity contribution is 7.16. The molecule has 1 heterocycles. The number of benzene rings is 1. The van der Waals surface area contributed by atoms with Crippen LogP contribution in [0.4, 0.5) is 0 Å². The number of hydrogen-bond acceptors (Lipinski definition) is 3. The van der Waals surface area contributed by atoms with Crippen molar-refractivity contribution < 1.29 is 9.90 Å². The maximum atomic E-state index is 10.9. The number of aromatic nitrogens is 1. The van der Waals surface area contributed by atoms with Gasteiger partial charge in [-0.3, -0.25) is 4.79 Å². The molecule has 0 spiro atoms. The van der Waals surface area contributed by atoms with E-state index in [-0.39, 0.29) is 10.4 Å². The van der Waals surface area contributed by atoms with E-state index in [1.165, 1.54) is 6.07 Å². The highest BCUT2D eigenvalue weighted by Gasteiger charge is 2.09. The van der Waals surface area contributed by atoms with Crippen molar-refractivity contribution >= 4 is 27.5 Å². The standard InChI is InChI=1S/C8H5NO3S/c10-7(11)4-2-1-3-5-6(4)9-8(12)13-5/h1-3H,(H,9,12)(H,10,11). The number of rotatable bonds is 1. The molecular weight excluding hydrogens is 190 g/mol. The molecule has 0 aliphatic carbocycles. The third kappa shape index (κ3) is 1.23. The molecule has 0 bridgehead atoms. The van der Waals surface area contributed by atoms with Gasteiger partial charge in [-0.15, -0.1) is 0 Å². The summed E-state index contributed by atoms with van der Waals surface area (Å²) in [7, 11) is 0. The van der Waals surface area contributed by atoms with Gasteiger partial charge in [0, 0.05) is 0 Å². The molecular formula is C8H5NO3S. The van der Waals surface area contributed by atoms with Gasteiger partial charge in [-0.25, -0.2) is 4.79 Å². The molecule has 2 rings (SSSR count). The second-order valence-electron chi connectivity index (χ2n) is 2.50. The first kappa shape index (κ1) is 8.00. The summed E-state index contributed by atoms with van der Waals surface area (Å²) in [6, 6.07) is 4.80. The van der Waals surface area contributed by atoms with E-state index in [9.17, 15) is 9.59 Å². The number of carboxylic acid groups (broad SMARTS) is 1. The number of thiazole rings is 1. The summed E-state index contributed by atoms with van der Waals surface area (Å²) >= 11 is 1.01. The Bertz CT molecular complexity index is 525. The average molecular weight is 195 g/mol. The predicted molar refractivity (Wildman–Crippen MR) is 49.4 cm³/mol. The quantitative estimate of drug-likeness (QED) is 0.720. The molecule has 0 aliphatic rings. The fourth-order valence-electron chi connectivity index (χ4n) is 1.15. The molecule has 13 heavy (non-hydrogen) atoms. The summed E-state index contributed by atoms with van der Waals surface area (Å²) in [5.41, 5.74) is 0.542. The van der Waals surface area contributed by atoms with Crippen LogP contribution in [0.25, 0.3) is 10.2 Å². The average Bonchev–Trinajstić information content (AvgIpc) is 2.43. The summed E-state index contributed by atoms with van der Waals surface area (Å²) in [5, 5.41) is 8.77. The van der Waals surface area contributed by atoms with E-state index in [0.29, 0.717) is 10.2 Å². The third-order valence-corrected chi connectivity index (χ3v) is 2.53. The first-order valence-electron chi connectivity index (χ1n) is 3.53. The molecule has 5 heteroatoms. The normalized spacial score (nSPS) is 10.5. The van der Waals surface area contributed by atoms with Crippen molar-refractivity contribution in [3.63, 3.8) is 0 Å². The van der Waals surface area contributed by atoms with E-state index in [0.717, 1.165) is 11.3 Å². The molecule has 2 aromatic rings. The van der Waals surface area contributed by atoms with Gasteiger partial charge in [0.1, 0.15) is 0 Å². The Morgan fingerprint density at radius 3 is 2.92 bits per heavy atom.